The molecule has 0 aromatic heterocycles. The third kappa shape index (κ3) is 1.75. The molecule has 0 spiro atoms. The van der Waals surface area contributed by atoms with Crippen LogP contribution in [0.2, 0.25) is 0 Å². The predicted octanol–water partition coefficient (Wildman–Crippen LogP) is 3.10. The third-order valence-corrected chi connectivity index (χ3v) is 2.85. The normalized spacial score (nSPS) is 28.7. The summed E-state index contributed by atoms with van der Waals surface area (Å²) in [5.41, 5.74) is 1.29. The molecule has 1 heterocycles. The second-order valence-electron chi connectivity index (χ2n) is 3.90. The van der Waals surface area contributed by atoms with Crippen LogP contribution in [0.1, 0.15) is 31.7 Å². The molecule has 1 aliphatic heterocycles. The monoisotopic (exact) mass is 176 g/mol. The van der Waals surface area contributed by atoms with E-state index in [1.165, 1.54) is 18.4 Å². The van der Waals surface area contributed by atoms with Gasteiger partial charge in [-0.1, -0.05) is 30.3 Å². The van der Waals surface area contributed by atoms with Crippen molar-refractivity contribution in [1.29, 1.82) is 0 Å². The van der Waals surface area contributed by atoms with Crippen LogP contribution >= 0.6 is 0 Å². The van der Waals surface area contributed by atoms with Crippen molar-refractivity contribution >= 4 is 0 Å². The number of hydrogen-bond acceptors (Lipinski definition) is 1. The molecule has 0 amide bonds. The Hall–Kier alpha value is -0.820. The van der Waals surface area contributed by atoms with Gasteiger partial charge in [-0.15, -0.1) is 0 Å². The van der Waals surface area contributed by atoms with Gasteiger partial charge in [-0.05, 0) is 31.7 Å². The SMILES string of the molecule is C[C@@]1(c2ccccc2)CCCCO1. The lowest BCUT2D eigenvalue weighted by molar-refractivity contribution is -0.0701. The minimum Gasteiger partial charge on any atom is -0.371 e. The van der Waals surface area contributed by atoms with Crippen molar-refractivity contribution in [1.82, 2.24) is 0 Å². The number of ether oxygens (including phenoxy) is 1. The lowest BCUT2D eigenvalue weighted by Gasteiger charge is -2.34. The molecule has 0 radical (unpaired) electrons. The summed E-state index contributed by atoms with van der Waals surface area (Å²) >= 11 is 0. The first-order valence-electron chi connectivity index (χ1n) is 5.01. The van der Waals surface area contributed by atoms with Crippen LogP contribution in [0.15, 0.2) is 30.3 Å². The van der Waals surface area contributed by atoms with E-state index in [2.05, 4.69) is 37.3 Å². The van der Waals surface area contributed by atoms with Gasteiger partial charge in [0.05, 0.1) is 5.60 Å². The Bertz CT molecular complexity index is 260. The van der Waals surface area contributed by atoms with Crippen LogP contribution < -0.4 is 0 Å². The van der Waals surface area contributed by atoms with Crippen molar-refractivity contribution in [2.45, 2.75) is 31.8 Å². The Kier molecular flexibility index (Phi) is 2.36. The van der Waals surface area contributed by atoms with E-state index in [0.717, 1.165) is 13.0 Å². The topological polar surface area (TPSA) is 9.23 Å². The van der Waals surface area contributed by atoms with Gasteiger partial charge in [0.25, 0.3) is 0 Å². The average molecular weight is 176 g/mol. The molecule has 1 aromatic rings. The highest BCUT2D eigenvalue weighted by atomic mass is 16.5. The fraction of sp³-hybridized carbons (Fsp3) is 0.500. The van der Waals surface area contributed by atoms with Crippen LogP contribution in [0.3, 0.4) is 0 Å². The highest BCUT2D eigenvalue weighted by molar-refractivity contribution is 5.22. The average Bonchev–Trinajstić information content (AvgIpc) is 2.20. The highest BCUT2D eigenvalue weighted by Gasteiger charge is 2.29. The molecule has 1 heteroatoms. The van der Waals surface area contributed by atoms with E-state index in [1.54, 1.807) is 0 Å². The molecule has 70 valence electrons. The zero-order valence-electron chi connectivity index (χ0n) is 8.12. The van der Waals surface area contributed by atoms with Crippen LogP contribution in [0.25, 0.3) is 0 Å². The van der Waals surface area contributed by atoms with Gasteiger partial charge in [0.1, 0.15) is 0 Å². The van der Waals surface area contributed by atoms with Crippen LogP contribution in [-0.2, 0) is 10.3 Å². The summed E-state index contributed by atoms with van der Waals surface area (Å²) < 4.78 is 5.85. The zero-order valence-corrected chi connectivity index (χ0v) is 8.12. The van der Waals surface area contributed by atoms with E-state index in [4.69, 9.17) is 4.74 Å². The van der Waals surface area contributed by atoms with Gasteiger partial charge >= 0.3 is 0 Å². The minimum atomic E-state index is -0.0283. The van der Waals surface area contributed by atoms with Crippen molar-refractivity contribution < 1.29 is 4.74 Å². The van der Waals surface area contributed by atoms with Gasteiger partial charge in [0, 0.05) is 6.61 Å². The standard InChI is InChI=1S/C12H16O/c1-12(9-5-6-10-13-12)11-7-3-2-4-8-11/h2-4,7-8H,5-6,9-10H2,1H3/t12-/m0/s1. The summed E-state index contributed by atoms with van der Waals surface area (Å²) in [4.78, 5) is 0. The van der Waals surface area contributed by atoms with Gasteiger partial charge in [0.15, 0.2) is 0 Å². The van der Waals surface area contributed by atoms with E-state index in [9.17, 15) is 0 Å². The zero-order chi connectivity index (χ0) is 9.15. The quantitative estimate of drug-likeness (QED) is 0.639. The second kappa shape index (κ2) is 3.51. The third-order valence-electron chi connectivity index (χ3n) is 2.85. The molecule has 1 nitrogen and oxygen atoms in total. The fourth-order valence-electron chi connectivity index (χ4n) is 1.95. The van der Waals surface area contributed by atoms with Gasteiger partial charge in [-0.2, -0.15) is 0 Å². The molecule has 0 unspecified atom stereocenters. The smallest absolute Gasteiger partial charge is 0.0903 e. The Morgan fingerprint density at radius 1 is 1.15 bits per heavy atom. The summed E-state index contributed by atoms with van der Waals surface area (Å²) in [5.74, 6) is 0. The van der Waals surface area contributed by atoms with E-state index in [1.807, 2.05) is 0 Å². The number of benzene rings is 1. The van der Waals surface area contributed by atoms with Crippen LogP contribution in [-0.4, -0.2) is 6.61 Å². The Labute approximate surface area is 79.7 Å². The first-order chi connectivity index (χ1) is 6.31. The Morgan fingerprint density at radius 3 is 2.54 bits per heavy atom. The maximum Gasteiger partial charge on any atom is 0.0903 e. The van der Waals surface area contributed by atoms with Crippen molar-refractivity contribution in [2.24, 2.45) is 0 Å². The van der Waals surface area contributed by atoms with Crippen molar-refractivity contribution in [3.05, 3.63) is 35.9 Å². The van der Waals surface area contributed by atoms with Gasteiger partial charge in [0.2, 0.25) is 0 Å². The lowest BCUT2D eigenvalue weighted by atomic mass is 9.88. The van der Waals surface area contributed by atoms with Crippen molar-refractivity contribution in [3.63, 3.8) is 0 Å². The fourth-order valence-corrected chi connectivity index (χ4v) is 1.95. The summed E-state index contributed by atoms with van der Waals surface area (Å²) in [6.07, 6.45) is 3.64. The molecule has 0 saturated carbocycles. The van der Waals surface area contributed by atoms with E-state index >= 15 is 0 Å². The molecule has 1 fully saturated rings. The molecule has 0 bridgehead atoms. The number of hydrogen-bond donors (Lipinski definition) is 0. The van der Waals surface area contributed by atoms with Crippen LogP contribution in [0.5, 0.6) is 0 Å². The van der Waals surface area contributed by atoms with Crippen molar-refractivity contribution in [2.75, 3.05) is 6.61 Å². The Balaban J connectivity index is 2.23. The van der Waals surface area contributed by atoms with Crippen LogP contribution in [0, 0.1) is 0 Å². The maximum absolute atomic E-state index is 5.85. The largest absolute Gasteiger partial charge is 0.371 e. The molecule has 1 atom stereocenters. The molecule has 0 N–H and O–H groups in total. The molecule has 0 aliphatic carbocycles. The molecule has 13 heavy (non-hydrogen) atoms. The summed E-state index contributed by atoms with van der Waals surface area (Å²) in [6, 6.07) is 10.5. The molecular weight excluding hydrogens is 160 g/mol. The number of rotatable bonds is 1. The van der Waals surface area contributed by atoms with Gasteiger partial charge in [-0.3, -0.25) is 0 Å². The molecule has 1 saturated heterocycles. The summed E-state index contributed by atoms with van der Waals surface area (Å²) in [7, 11) is 0. The summed E-state index contributed by atoms with van der Waals surface area (Å²) in [6.45, 7) is 3.10. The maximum atomic E-state index is 5.85. The predicted molar refractivity (Wildman–Crippen MR) is 53.6 cm³/mol. The summed E-state index contributed by atoms with van der Waals surface area (Å²) in [5, 5.41) is 0. The van der Waals surface area contributed by atoms with Crippen molar-refractivity contribution in [3.8, 4) is 0 Å². The molecule has 1 aliphatic rings. The van der Waals surface area contributed by atoms with E-state index in [0.29, 0.717) is 0 Å². The van der Waals surface area contributed by atoms with Gasteiger partial charge in [-0.25, -0.2) is 0 Å². The minimum absolute atomic E-state index is 0.0283. The first kappa shape index (κ1) is 8.76. The Morgan fingerprint density at radius 2 is 1.92 bits per heavy atom. The van der Waals surface area contributed by atoms with Crippen LogP contribution in [0.4, 0.5) is 0 Å². The van der Waals surface area contributed by atoms with Gasteiger partial charge < -0.3 is 4.74 Å². The molecular formula is C12H16O. The highest BCUT2D eigenvalue weighted by Crippen LogP contribution is 2.34. The first-order valence-corrected chi connectivity index (χ1v) is 5.01. The lowest BCUT2D eigenvalue weighted by Crippen LogP contribution is -2.29. The molecule has 2 rings (SSSR count). The van der Waals surface area contributed by atoms with E-state index < -0.39 is 0 Å². The van der Waals surface area contributed by atoms with E-state index in [-0.39, 0.29) is 5.60 Å². The molecule has 1 aromatic carbocycles. The second-order valence-corrected chi connectivity index (χ2v) is 3.90.